The molecule has 0 aromatic heterocycles. The molecule has 0 heterocycles. The standard InChI is InChI=1S/C17H19BrFN/c1-17(2,3)13-7-4-11(5-8-13)16(20)12-6-9-15(19)14(18)10-12/h4-10,16H,20H2,1-3H3. The van der Waals surface area contributed by atoms with Crippen LogP contribution in [0.4, 0.5) is 4.39 Å². The van der Waals surface area contributed by atoms with Crippen molar-refractivity contribution in [2.75, 3.05) is 0 Å². The van der Waals surface area contributed by atoms with Crippen LogP contribution in [0.1, 0.15) is 43.5 Å². The average Bonchev–Trinajstić information content (AvgIpc) is 2.40. The molecule has 0 saturated heterocycles. The van der Waals surface area contributed by atoms with E-state index in [1.54, 1.807) is 12.1 Å². The van der Waals surface area contributed by atoms with Gasteiger partial charge in [0.2, 0.25) is 0 Å². The summed E-state index contributed by atoms with van der Waals surface area (Å²) in [6.45, 7) is 6.54. The predicted molar refractivity (Wildman–Crippen MR) is 85.3 cm³/mol. The SMILES string of the molecule is CC(C)(C)c1ccc(C(N)c2ccc(F)c(Br)c2)cc1. The summed E-state index contributed by atoms with van der Waals surface area (Å²) in [5, 5.41) is 0. The lowest BCUT2D eigenvalue weighted by molar-refractivity contribution is 0.589. The molecule has 0 spiro atoms. The van der Waals surface area contributed by atoms with Crippen LogP contribution in [0.25, 0.3) is 0 Å². The molecule has 2 N–H and O–H groups in total. The van der Waals surface area contributed by atoms with E-state index in [4.69, 9.17) is 5.73 Å². The second kappa shape index (κ2) is 5.66. The first-order chi connectivity index (χ1) is 9.29. The van der Waals surface area contributed by atoms with Gasteiger partial charge in [0.05, 0.1) is 10.5 Å². The molecule has 3 heteroatoms. The monoisotopic (exact) mass is 335 g/mol. The van der Waals surface area contributed by atoms with Gasteiger partial charge in [-0.25, -0.2) is 4.39 Å². The maximum atomic E-state index is 13.3. The van der Waals surface area contributed by atoms with Gasteiger partial charge in [-0.15, -0.1) is 0 Å². The smallest absolute Gasteiger partial charge is 0.137 e. The van der Waals surface area contributed by atoms with Crippen LogP contribution in [-0.4, -0.2) is 0 Å². The molecule has 0 bridgehead atoms. The number of hydrogen-bond donors (Lipinski definition) is 1. The molecule has 1 nitrogen and oxygen atoms in total. The van der Waals surface area contributed by atoms with Gasteiger partial charge in [0.25, 0.3) is 0 Å². The highest BCUT2D eigenvalue weighted by Gasteiger charge is 2.15. The molecular formula is C17H19BrFN. The maximum Gasteiger partial charge on any atom is 0.137 e. The predicted octanol–water partition coefficient (Wildman–Crippen LogP) is 4.93. The Kier molecular flexibility index (Phi) is 4.31. The lowest BCUT2D eigenvalue weighted by atomic mass is 9.86. The van der Waals surface area contributed by atoms with Crippen LogP contribution in [0.2, 0.25) is 0 Å². The second-order valence-electron chi connectivity index (χ2n) is 6.02. The van der Waals surface area contributed by atoms with Crippen LogP contribution in [0.15, 0.2) is 46.9 Å². The third kappa shape index (κ3) is 3.28. The zero-order chi connectivity index (χ0) is 14.9. The van der Waals surface area contributed by atoms with E-state index in [0.717, 1.165) is 11.1 Å². The summed E-state index contributed by atoms with van der Waals surface area (Å²) in [6, 6.07) is 12.9. The van der Waals surface area contributed by atoms with Crippen molar-refractivity contribution in [2.45, 2.75) is 32.2 Å². The molecule has 0 fully saturated rings. The Morgan fingerprint density at radius 2 is 1.55 bits per heavy atom. The first kappa shape index (κ1) is 15.2. The summed E-state index contributed by atoms with van der Waals surface area (Å²) >= 11 is 3.19. The Morgan fingerprint density at radius 3 is 2.05 bits per heavy atom. The van der Waals surface area contributed by atoms with E-state index in [1.807, 2.05) is 12.1 Å². The number of nitrogens with two attached hydrogens (primary N) is 1. The minimum absolute atomic E-state index is 0.127. The van der Waals surface area contributed by atoms with E-state index >= 15 is 0 Å². The zero-order valence-corrected chi connectivity index (χ0v) is 13.5. The molecule has 2 aromatic carbocycles. The van der Waals surface area contributed by atoms with Crippen molar-refractivity contribution in [3.8, 4) is 0 Å². The van der Waals surface area contributed by atoms with Crippen molar-refractivity contribution in [2.24, 2.45) is 5.73 Å². The molecule has 1 unspecified atom stereocenters. The molecule has 0 radical (unpaired) electrons. The summed E-state index contributed by atoms with van der Waals surface area (Å²) < 4.78 is 13.7. The molecule has 0 aliphatic rings. The lowest BCUT2D eigenvalue weighted by Gasteiger charge is -2.20. The van der Waals surface area contributed by atoms with Crippen molar-refractivity contribution in [3.63, 3.8) is 0 Å². The highest BCUT2D eigenvalue weighted by atomic mass is 79.9. The minimum atomic E-state index is -0.274. The Labute approximate surface area is 128 Å². The van der Waals surface area contributed by atoms with Gasteiger partial charge in [0, 0.05) is 0 Å². The Hall–Kier alpha value is -1.19. The van der Waals surface area contributed by atoms with E-state index < -0.39 is 0 Å². The topological polar surface area (TPSA) is 26.0 Å². The van der Waals surface area contributed by atoms with Crippen LogP contribution in [-0.2, 0) is 5.41 Å². The second-order valence-corrected chi connectivity index (χ2v) is 6.88. The number of benzene rings is 2. The van der Waals surface area contributed by atoms with Gasteiger partial charge in [-0.2, -0.15) is 0 Å². The van der Waals surface area contributed by atoms with E-state index in [-0.39, 0.29) is 17.3 Å². The lowest BCUT2D eigenvalue weighted by Crippen LogP contribution is -2.14. The summed E-state index contributed by atoms with van der Waals surface area (Å²) in [5.41, 5.74) is 9.56. The van der Waals surface area contributed by atoms with Gasteiger partial charge < -0.3 is 5.73 Å². The molecule has 106 valence electrons. The van der Waals surface area contributed by atoms with Crippen molar-refractivity contribution < 1.29 is 4.39 Å². The largest absolute Gasteiger partial charge is 0.320 e. The maximum absolute atomic E-state index is 13.3. The number of halogens is 2. The van der Waals surface area contributed by atoms with Crippen molar-refractivity contribution in [3.05, 3.63) is 69.4 Å². The average molecular weight is 336 g/mol. The van der Waals surface area contributed by atoms with Crippen molar-refractivity contribution in [1.82, 2.24) is 0 Å². The molecule has 0 amide bonds. The van der Waals surface area contributed by atoms with Gasteiger partial charge in [-0.1, -0.05) is 51.1 Å². The summed E-state index contributed by atoms with van der Waals surface area (Å²) in [6.07, 6.45) is 0. The zero-order valence-electron chi connectivity index (χ0n) is 12.0. The van der Waals surface area contributed by atoms with Crippen molar-refractivity contribution in [1.29, 1.82) is 0 Å². The molecule has 20 heavy (non-hydrogen) atoms. The molecule has 0 aliphatic heterocycles. The molecular weight excluding hydrogens is 317 g/mol. The van der Waals surface area contributed by atoms with Gasteiger partial charge in [0.15, 0.2) is 0 Å². The fourth-order valence-corrected chi connectivity index (χ4v) is 2.49. The van der Waals surface area contributed by atoms with Gasteiger partial charge in [-0.3, -0.25) is 0 Å². The summed E-state index contributed by atoms with van der Waals surface area (Å²) in [5.74, 6) is -0.274. The van der Waals surface area contributed by atoms with Crippen LogP contribution in [0.3, 0.4) is 0 Å². The van der Waals surface area contributed by atoms with Crippen LogP contribution in [0, 0.1) is 5.82 Å². The van der Waals surface area contributed by atoms with E-state index in [1.165, 1.54) is 11.6 Å². The quantitative estimate of drug-likeness (QED) is 0.826. The van der Waals surface area contributed by atoms with Crippen LogP contribution < -0.4 is 5.73 Å². The van der Waals surface area contributed by atoms with E-state index in [0.29, 0.717) is 4.47 Å². The molecule has 2 rings (SSSR count). The fraction of sp³-hybridized carbons (Fsp3) is 0.294. The summed E-state index contributed by atoms with van der Waals surface area (Å²) in [7, 11) is 0. The summed E-state index contributed by atoms with van der Waals surface area (Å²) in [4.78, 5) is 0. The molecule has 2 aromatic rings. The van der Waals surface area contributed by atoms with Crippen LogP contribution >= 0.6 is 15.9 Å². The molecule has 0 aliphatic carbocycles. The Bertz CT molecular complexity index is 599. The fourth-order valence-electron chi connectivity index (χ4n) is 2.09. The van der Waals surface area contributed by atoms with E-state index in [9.17, 15) is 4.39 Å². The normalized spacial score (nSPS) is 13.3. The van der Waals surface area contributed by atoms with Crippen molar-refractivity contribution >= 4 is 15.9 Å². The molecule has 0 saturated carbocycles. The Morgan fingerprint density at radius 1 is 1.00 bits per heavy atom. The van der Waals surface area contributed by atoms with Crippen LogP contribution in [0.5, 0.6) is 0 Å². The third-order valence-corrected chi connectivity index (χ3v) is 4.05. The van der Waals surface area contributed by atoms with Gasteiger partial charge in [0.1, 0.15) is 5.82 Å². The first-order valence-corrected chi connectivity index (χ1v) is 7.39. The highest BCUT2D eigenvalue weighted by Crippen LogP contribution is 2.27. The Balaban J connectivity index is 2.29. The highest BCUT2D eigenvalue weighted by molar-refractivity contribution is 9.10. The number of rotatable bonds is 2. The molecule has 1 atom stereocenters. The third-order valence-electron chi connectivity index (χ3n) is 3.44. The van der Waals surface area contributed by atoms with Gasteiger partial charge >= 0.3 is 0 Å². The minimum Gasteiger partial charge on any atom is -0.320 e. The first-order valence-electron chi connectivity index (χ1n) is 6.60. The van der Waals surface area contributed by atoms with Gasteiger partial charge in [-0.05, 0) is 50.2 Å². The van der Waals surface area contributed by atoms with E-state index in [2.05, 4.69) is 48.8 Å². The number of hydrogen-bond acceptors (Lipinski definition) is 1.